The number of aryl methyl sites for hydroxylation is 2. The molecule has 0 aliphatic rings. The van der Waals surface area contributed by atoms with Crippen LogP contribution in [0.1, 0.15) is 44.6 Å². The van der Waals surface area contributed by atoms with E-state index in [9.17, 15) is 4.79 Å². The second-order valence-corrected chi connectivity index (χ2v) is 6.98. The van der Waals surface area contributed by atoms with Crippen LogP contribution in [0.2, 0.25) is 0 Å². The van der Waals surface area contributed by atoms with Gasteiger partial charge in [0, 0.05) is 35.6 Å². The van der Waals surface area contributed by atoms with Crippen LogP contribution in [0.15, 0.2) is 30.3 Å². The van der Waals surface area contributed by atoms with Crippen LogP contribution in [-0.4, -0.2) is 45.6 Å². The summed E-state index contributed by atoms with van der Waals surface area (Å²) >= 11 is 0. The van der Waals surface area contributed by atoms with Crippen molar-refractivity contribution in [2.24, 2.45) is 0 Å². The maximum absolute atomic E-state index is 13.0. The Bertz CT molecular complexity index is 988. The van der Waals surface area contributed by atoms with Gasteiger partial charge < -0.3 is 9.64 Å². The summed E-state index contributed by atoms with van der Waals surface area (Å²) in [4.78, 5) is 19.7. The van der Waals surface area contributed by atoms with Crippen molar-refractivity contribution in [1.82, 2.24) is 19.5 Å². The van der Waals surface area contributed by atoms with E-state index in [2.05, 4.69) is 19.9 Å². The van der Waals surface area contributed by atoms with Crippen molar-refractivity contribution in [3.8, 4) is 17.0 Å². The molecule has 2 heterocycles. The fourth-order valence-electron chi connectivity index (χ4n) is 3.59. The lowest BCUT2D eigenvalue weighted by molar-refractivity contribution is -0.130. The molecule has 3 aromatic rings. The largest absolute Gasteiger partial charge is 0.497 e. The van der Waals surface area contributed by atoms with Crippen molar-refractivity contribution in [3.63, 3.8) is 0 Å². The first-order valence-corrected chi connectivity index (χ1v) is 10.4. The van der Waals surface area contributed by atoms with Crippen LogP contribution < -0.4 is 4.74 Å². The highest BCUT2D eigenvalue weighted by molar-refractivity contribution is 5.84. The molecule has 0 aliphatic heterocycles. The molecule has 2 aromatic heterocycles. The molecule has 0 saturated heterocycles. The second kappa shape index (κ2) is 9.07. The molecule has 0 bridgehead atoms. The lowest BCUT2D eigenvalue weighted by atomic mass is 10.0. The van der Waals surface area contributed by atoms with Crippen molar-refractivity contribution in [1.29, 1.82) is 0 Å². The maximum Gasteiger partial charge on any atom is 0.227 e. The van der Waals surface area contributed by atoms with Crippen LogP contribution in [0.5, 0.6) is 5.75 Å². The van der Waals surface area contributed by atoms with E-state index < -0.39 is 0 Å². The number of hydrogen-bond donors (Lipinski definition) is 0. The number of fused-ring (bicyclic) bond motifs is 1. The van der Waals surface area contributed by atoms with Gasteiger partial charge in [0.2, 0.25) is 5.91 Å². The number of benzene rings is 1. The number of ether oxygens (including phenoxy) is 1. The number of nitrogens with zero attached hydrogens (tertiary/aromatic N) is 4. The molecule has 1 aromatic carbocycles. The molecule has 6 heteroatoms. The van der Waals surface area contributed by atoms with Gasteiger partial charge in [-0.2, -0.15) is 5.10 Å². The first-order chi connectivity index (χ1) is 14.1. The minimum Gasteiger partial charge on any atom is -0.497 e. The van der Waals surface area contributed by atoms with E-state index in [0.717, 1.165) is 52.4 Å². The SMILES string of the molecule is CCc1cc(CC)n2nc(-c3ccc(OC)cc3)c(CC(=O)N(CC)CC)c2n1. The summed E-state index contributed by atoms with van der Waals surface area (Å²) in [6, 6.07) is 9.91. The predicted molar refractivity (Wildman–Crippen MR) is 115 cm³/mol. The summed E-state index contributed by atoms with van der Waals surface area (Å²) in [5, 5.41) is 4.89. The van der Waals surface area contributed by atoms with Gasteiger partial charge in [0.25, 0.3) is 0 Å². The number of amides is 1. The van der Waals surface area contributed by atoms with Crippen LogP contribution in [0, 0.1) is 0 Å². The maximum atomic E-state index is 13.0. The lowest BCUT2D eigenvalue weighted by Gasteiger charge is -2.18. The van der Waals surface area contributed by atoms with Crippen LogP contribution in [0.25, 0.3) is 16.9 Å². The Morgan fingerprint density at radius 2 is 1.76 bits per heavy atom. The molecule has 154 valence electrons. The van der Waals surface area contributed by atoms with E-state index in [-0.39, 0.29) is 12.3 Å². The zero-order chi connectivity index (χ0) is 21.0. The monoisotopic (exact) mass is 394 g/mol. The summed E-state index contributed by atoms with van der Waals surface area (Å²) in [6.45, 7) is 9.61. The molecular weight excluding hydrogens is 364 g/mol. The summed E-state index contributed by atoms with van der Waals surface area (Å²) in [5.41, 5.74) is 5.56. The van der Waals surface area contributed by atoms with E-state index in [1.165, 1.54) is 0 Å². The molecule has 0 aliphatic carbocycles. The van der Waals surface area contributed by atoms with Crippen LogP contribution in [-0.2, 0) is 24.1 Å². The average molecular weight is 395 g/mol. The molecule has 0 fully saturated rings. The Morgan fingerprint density at radius 3 is 2.31 bits per heavy atom. The van der Waals surface area contributed by atoms with Crippen LogP contribution in [0.4, 0.5) is 0 Å². The van der Waals surface area contributed by atoms with Crippen LogP contribution in [0.3, 0.4) is 0 Å². The number of hydrogen-bond acceptors (Lipinski definition) is 4. The van der Waals surface area contributed by atoms with Gasteiger partial charge in [-0.25, -0.2) is 9.50 Å². The fraction of sp³-hybridized carbons (Fsp3) is 0.435. The van der Waals surface area contributed by atoms with Crippen molar-refractivity contribution in [2.75, 3.05) is 20.2 Å². The molecule has 0 spiro atoms. The smallest absolute Gasteiger partial charge is 0.227 e. The molecule has 0 atom stereocenters. The molecule has 1 amide bonds. The third-order valence-corrected chi connectivity index (χ3v) is 5.34. The topological polar surface area (TPSA) is 59.7 Å². The number of likely N-dealkylation sites (N-methyl/N-ethyl adjacent to an activating group) is 1. The Kier molecular flexibility index (Phi) is 6.52. The molecule has 0 N–H and O–H groups in total. The van der Waals surface area contributed by atoms with E-state index >= 15 is 0 Å². The van der Waals surface area contributed by atoms with Gasteiger partial charge in [0.15, 0.2) is 5.65 Å². The third-order valence-electron chi connectivity index (χ3n) is 5.34. The van der Waals surface area contributed by atoms with Crippen molar-refractivity contribution in [3.05, 3.63) is 47.3 Å². The Hall–Kier alpha value is -2.89. The minimum atomic E-state index is 0.0985. The van der Waals surface area contributed by atoms with Crippen molar-refractivity contribution < 1.29 is 9.53 Å². The highest BCUT2D eigenvalue weighted by Crippen LogP contribution is 2.29. The van der Waals surface area contributed by atoms with E-state index in [1.807, 2.05) is 47.5 Å². The number of carbonyl (C=O) groups excluding carboxylic acids is 1. The Morgan fingerprint density at radius 1 is 1.07 bits per heavy atom. The summed E-state index contributed by atoms with van der Waals surface area (Å²) in [5.74, 6) is 0.889. The summed E-state index contributed by atoms with van der Waals surface area (Å²) in [6.07, 6.45) is 1.98. The number of methoxy groups -OCH3 is 1. The number of rotatable bonds is 8. The molecule has 3 rings (SSSR count). The van der Waals surface area contributed by atoms with E-state index in [1.54, 1.807) is 7.11 Å². The van der Waals surface area contributed by atoms with Gasteiger partial charge in [-0.3, -0.25) is 4.79 Å². The zero-order valence-corrected chi connectivity index (χ0v) is 18.0. The number of aromatic nitrogens is 3. The second-order valence-electron chi connectivity index (χ2n) is 6.98. The first-order valence-electron chi connectivity index (χ1n) is 10.4. The predicted octanol–water partition coefficient (Wildman–Crippen LogP) is 3.94. The number of carbonyl (C=O) groups is 1. The van der Waals surface area contributed by atoms with Gasteiger partial charge in [-0.05, 0) is 57.0 Å². The summed E-state index contributed by atoms with van der Waals surface area (Å²) in [7, 11) is 1.65. The van der Waals surface area contributed by atoms with E-state index in [4.69, 9.17) is 14.8 Å². The van der Waals surface area contributed by atoms with Crippen molar-refractivity contribution >= 4 is 11.6 Å². The quantitative estimate of drug-likeness (QED) is 0.581. The van der Waals surface area contributed by atoms with E-state index in [0.29, 0.717) is 13.1 Å². The standard InChI is InChI=1S/C23H30N4O2/c1-6-17-14-18(7-2)27-23(24-17)20(15-21(28)26(8-3)9-4)22(25-27)16-10-12-19(29-5)13-11-16/h10-14H,6-9,15H2,1-5H3. The molecule has 6 nitrogen and oxygen atoms in total. The Labute approximate surface area is 172 Å². The minimum absolute atomic E-state index is 0.0985. The fourth-order valence-corrected chi connectivity index (χ4v) is 3.59. The van der Waals surface area contributed by atoms with Gasteiger partial charge in [-0.15, -0.1) is 0 Å². The average Bonchev–Trinajstić information content (AvgIpc) is 3.12. The van der Waals surface area contributed by atoms with Gasteiger partial charge >= 0.3 is 0 Å². The van der Waals surface area contributed by atoms with Gasteiger partial charge in [0.1, 0.15) is 5.75 Å². The normalized spacial score (nSPS) is 11.1. The van der Waals surface area contributed by atoms with Gasteiger partial charge in [-0.1, -0.05) is 13.8 Å². The van der Waals surface area contributed by atoms with Gasteiger partial charge in [0.05, 0.1) is 19.2 Å². The zero-order valence-electron chi connectivity index (χ0n) is 18.0. The molecular formula is C23H30N4O2. The first kappa shape index (κ1) is 20.8. The molecule has 29 heavy (non-hydrogen) atoms. The highest BCUT2D eigenvalue weighted by Gasteiger charge is 2.22. The molecule has 0 unspecified atom stereocenters. The highest BCUT2D eigenvalue weighted by atomic mass is 16.5. The third kappa shape index (κ3) is 4.11. The molecule has 0 radical (unpaired) electrons. The summed E-state index contributed by atoms with van der Waals surface area (Å²) < 4.78 is 7.19. The molecule has 0 saturated carbocycles. The lowest BCUT2D eigenvalue weighted by Crippen LogP contribution is -2.31. The Balaban J connectivity index is 2.20. The van der Waals surface area contributed by atoms with Crippen LogP contribution >= 0.6 is 0 Å². The van der Waals surface area contributed by atoms with Crippen molar-refractivity contribution in [2.45, 2.75) is 47.0 Å².